The lowest BCUT2D eigenvalue weighted by atomic mass is 10.1. The Morgan fingerprint density at radius 3 is 1.06 bits per heavy atom. The van der Waals surface area contributed by atoms with E-state index in [1.54, 1.807) is 6.66 Å². The Hall–Kier alpha value is 0.150. The van der Waals surface area contributed by atoms with Gasteiger partial charge in [-0.05, 0) is 26.7 Å². The lowest BCUT2D eigenvalue weighted by Gasteiger charge is -2.22. The van der Waals surface area contributed by atoms with Crippen LogP contribution in [0.2, 0.25) is 0 Å². The van der Waals surface area contributed by atoms with E-state index in [1.807, 2.05) is 13.8 Å². The average Bonchev–Trinajstić information content (AvgIpc) is 2.70. The molecule has 3 nitrogen and oxygen atoms in total. The van der Waals surface area contributed by atoms with Gasteiger partial charge < -0.3 is 9.05 Å². The fourth-order valence-corrected chi connectivity index (χ4v) is 5.84. The van der Waals surface area contributed by atoms with Gasteiger partial charge in [-0.2, -0.15) is 0 Å². The Labute approximate surface area is 196 Å². The first kappa shape index (κ1) is 31.1. The van der Waals surface area contributed by atoms with E-state index >= 15 is 0 Å². The van der Waals surface area contributed by atoms with E-state index in [4.69, 9.17) is 9.05 Å². The fraction of sp³-hybridized carbons (Fsp3) is 1.00. The third-order valence-electron chi connectivity index (χ3n) is 6.17. The second kappa shape index (κ2) is 22.0. The minimum Gasteiger partial charge on any atom is -0.306 e. The molecule has 0 aromatic rings. The molecule has 0 spiro atoms. The summed E-state index contributed by atoms with van der Waals surface area (Å²) >= 11 is 0. The molecule has 0 aromatic heterocycles. The van der Waals surface area contributed by atoms with E-state index in [0.29, 0.717) is 0 Å². The highest BCUT2D eigenvalue weighted by molar-refractivity contribution is 7.53. The van der Waals surface area contributed by atoms with Crippen LogP contribution in [-0.4, -0.2) is 18.9 Å². The van der Waals surface area contributed by atoms with Crippen LogP contribution in [0.3, 0.4) is 0 Å². The molecule has 0 saturated heterocycles. The molecule has 0 aliphatic rings. The Bertz CT molecular complexity index is 379. The molecule has 0 rings (SSSR count). The first-order chi connectivity index (χ1) is 14.9. The van der Waals surface area contributed by atoms with Crippen molar-refractivity contribution in [3.05, 3.63) is 0 Å². The van der Waals surface area contributed by atoms with Gasteiger partial charge in [0.25, 0.3) is 0 Å². The molecule has 0 N–H and O–H groups in total. The lowest BCUT2D eigenvalue weighted by molar-refractivity contribution is 0.120. The van der Waals surface area contributed by atoms with Gasteiger partial charge in [-0.1, -0.05) is 129 Å². The van der Waals surface area contributed by atoms with Gasteiger partial charge in [-0.25, -0.2) is 0 Å². The van der Waals surface area contributed by atoms with Crippen molar-refractivity contribution in [3.63, 3.8) is 0 Å². The molecule has 0 fully saturated rings. The molecular formula is C27H57O3P. The van der Waals surface area contributed by atoms with Crippen LogP contribution < -0.4 is 0 Å². The van der Waals surface area contributed by atoms with Gasteiger partial charge in [0.1, 0.15) is 0 Å². The monoisotopic (exact) mass is 460 g/mol. The van der Waals surface area contributed by atoms with Crippen LogP contribution in [0.4, 0.5) is 0 Å². The summed E-state index contributed by atoms with van der Waals surface area (Å²) in [6.07, 6.45) is 25.9. The van der Waals surface area contributed by atoms with Gasteiger partial charge in [0.15, 0.2) is 0 Å². The van der Waals surface area contributed by atoms with Gasteiger partial charge in [0.05, 0.1) is 12.2 Å². The van der Waals surface area contributed by atoms with Crippen molar-refractivity contribution in [2.24, 2.45) is 0 Å². The predicted octanol–water partition coefficient (Wildman–Crippen LogP) is 10.5. The summed E-state index contributed by atoms with van der Waals surface area (Å²) in [6, 6.07) is 0. The van der Waals surface area contributed by atoms with Crippen LogP contribution in [0.1, 0.15) is 156 Å². The van der Waals surface area contributed by atoms with E-state index in [0.717, 1.165) is 25.7 Å². The van der Waals surface area contributed by atoms with E-state index in [-0.39, 0.29) is 12.2 Å². The topological polar surface area (TPSA) is 35.5 Å². The van der Waals surface area contributed by atoms with Crippen LogP contribution in [0.5, 0.6) is 0 Å². The van der Waals surface area contributed by atoms with Crippen molar-refractivity contribution in [3.8, 4) is 0 Å². The van der Waals surface area contributed by atoms with Crippen molar-refractivity contribution in [1.29, 1.82) is 0 Å². The number of rotatable bonds is 24. The molecule has 0 amide bonds. The third kappa shape index (κ3) is 23.1. The number of unbranched alkanes of at least 4 members (excludes halogenated alkanes) is 16. The second-order valence-corrected chi connectivity index (χ2v) is 11.8. The van der Waals surface area contributed by atoms with Crippen molar-refractivity contribution in [2.45, 2.75) is 168 Å². The normalized spacial score (nSPS) is 15.6. The molecular weight excluding hydrogens is 403 g/mol. The van der Waals surface area contributed by atoms with Crippen LogP contribution >= 0.6 is 7.60 Å². The molecule has 2 atom stereocenters. The maximum absolute atomic E-state index is 12.7. The largest absolute Gasteiger partial charge is 0.328 e. The summed E-state index contributed by atoms with van der Waals surface area (Å²) in [4.78, 5) is 0. The highest BCUT2D eigenvalue weighted by atomic mass is 31.2. The first-order valence-electron chi connectivity index (χ1n) is 13.9. The zero-order chi connectivity index (χ0) is 23.2. The smallest absolute Gasteiger partial charge is 0.306 e. The molecule has 0 heterocycles. The molecule has 0 bridgehead atoms. The van der Waals surface area contributed by atoms with E-state index in [9.17, 15) is 4.57 Å². The zero-order valence-electron chi connectivity index (χ0n) is 22.0. The Kier molecular flexibility index (Phi) is 22.1. The molecule has 0 aromatic carbocycles. The molecule has 0 aliphatic carbocycles. The van der Waals surface area contributed by atoms with Crippen molar-refractivity contribution < 1.29 is 13.6 Å². The summed E-state index contributed by atoms with van der Waals surface area (Å²) in [7, 11) is -2.96. The molecule has 0 radical (unpaired) electrons. The van der Waals surface area contributed by atoms with Crippen LogP contribution in [-0.2, 0) is 13.6 Å². The zero-order valence-corrected chi connectivity index (χ0v) is 22.9. The molecule has 188 valence electrons. The van der Waals surface area contributed by atoms with Gasteiger partial charge in [0.2, 0.25) is 0 Å². The van der Waals surface area contributed by atoms with E-state index in [1.165, 1.54) is 103 Å². The Morgan fingerprint density at radius 2 is 0.774 bits per heavy atom. The van der Waals surface area contributed by atoms with E-state index in [2.05, 4.69) is 13.8 Å². The minimum absolute atomic E-state index is 0.0142. The van der Waals surface area contributed by atoms with Gasteiger partial charge in [-0.3, -0.25) is 4.57 Å². The van der Waals surface area contributed by atoms with Crippen LogP contribution in [0, 0.1) is 0 Å². The Morgan fingerprint density at radius 1 is 0.516 bits per heavy atom. The third-order valence-corrected chi connectivity index (χ3v) is 7.66. The summed E-state index contributed by atoms with van der Waals surface area (Å²) in [5.41, 5.74) is 0. The van der Waals surface area contributed by atoms with Crippen molar-refractivity contribution in [2.75, 3.05) is 6.66 Å². The maximum atomic E-state index is 12.7. The highest BCUT2D eigenvalue weighted by Crippen LogP contribution is 2.47. The molecule has 0 saturated carbocycles. The molecule has 0 aliphatic heterocycles. The van der Waals surface area contributed by atoms with Crippen LogP contribution in [0.15, 0.2) is 0 Å². The second-order valence-electron chi connectivity index (χ2n) is 9.84. The van der Waals surface area contributed by atoms with Crippen molar-refractivity contribution >= 4 is 7.60 Å². The molecule has 31 heavy (non-hydrogen) atoms. The SMILES string of the molecule is CCCCCCCCCCCC(C)OP(C)(=O)OC(C)CCCCCCCCCCC. The van der Waals surface area contributed by atoms with Gasteiger partial charge >= 0.3 is 7.60 Å². The summed E-state index contributed by atoms with van der Waals surface area (Å²) in [5, 5.41) is 0. The quantitative estimate of drug-likeness (QED) is 0.106. The minimum atomic E-state index is -2.96. The summed E-state index contributed by atoms with van der Waals surface area (Å²) in [5.74, 6) is 0. The number of hydrogen-bond donors (Lipinski definition) is 0. The average molecular weight is 461 g/mol. The molecule has 2 unspecified atom stereocenters. The number of hydrogen-bond acceptors (Lipinski definition) is 3. The lowest BCUT2D eigenvalue weighted by Crippen LogP contribution is -2.12. The summed E-state index contributed by atoms with van der Waals surface area (Å²) < 4.78 is 24.3. The van der Waals surface area contributed by atoms with Gasteiger partial charge in [-0.15, -0.1) is 0 Å². The van der Waals surface area contributed by atoms with Crippen molar-refractivity contribution in [1.82, 2.24) is 0 Å². The highest BCUT2D eigenvalue weighted by Gasteiger charge is 2.23. The van der Waals surface area contributed by atoms with Crippen LogP contribution in [0.25, 0.3) is 0 Å². The first-order valence-corrected chi connectivity index (χ1v) is 15.8. The standard InChI is InChI=1S/C27H57O3P/c1-6-8-10-12-14-16-18-20-22-24-26(3)29-31(5,28)30-27(4)25-23-21-19-17-15-13-11-9-7-2/h26-27H,6-25H2,1-5H3. The van der Waals surface area contributed by atoms with Gasteiger partial charge in [0, 0.05) is 6.66 Å². The molecule has 4 heteroatoms. The van der Waals surface area contributed by atoms with E-state index < -0.39 is 7.60 Å². The Balaban J connectivity index is 3.66. The summed E-state index contributed by atoms with van der Waals surface area (Å²) in [6.45, 7) is 10.3. The predicted molar refractivity (Wildman–Crippen MR) is 138 cm³/mol. The fourth-order valence-electron chi connectivity index (χ4n) is 4.27. The maximum Gasteiger partial charge on any atom is 0.328 e.